The van der Waals surface area contributed by atoms with Gasteiger partial charge in [-0.2, -0.15) is 4.39 Å². The number of carbonyl (C=O) groups is 2. The second-order valence-corrected chi connectivity index (χ2v) is 4.46. The molecular weight excluding hydrogens is 267 g/mol. The zero-order valence-corrected chi connectivity index (χ0v) is 11.2. The van der Waals surface area contributed by atoms with Crippen LogP contribution in [0.5, 0.6) is 0 Å². The number of esters is 1. The lowest BCUT2D eigenvalue weighted by molar-refractivity contribution is -0.196. The fourth-order valence-corrected chi connectivity index (χ4v) is 2.01. The van der Waals surface area contributed by atoms with Crippen molar-refractivity contribution in [3.05, 3.63) is 36.0 Å². The third kappa shape index (κ3) is 2.74. The van der Waals surface area contributed by atoms with Crippen molar-refractivity contribution in [1.82, 2.24) is 0 Å². The fourth-order valence-electron chi connectivity index (χ4n) is 2.01. The van der Waals surface area contributed by atoms with Crippen LogP contribution in [-0.4, -0.2) is 24.2 Å². The van der Waals surface area contributed by atoms with E-state index in [2.05, 4.69) is 4.74 Å². The summed E-state index contributed by atoms with van der Waals surface area (Å²) in [6.45, 7) is 2.83. The molecule has 0 radical (unpaired) electrons. The number of furan rings is 1. The first-order chi connectivity index (χ1) is 9.46. The van der Waals surface area contributed by atoms with Crippen molar-refractivity contribution in [2.45, 2.75) is 32.0 Å². The summed E-state index contributed by atoms with van der Waals surface area (Å²) in [5.41, 5.74) is 0. The standard InChI is InChI=1S/C14H15FO5/c1-3-18-13(17)14(15)8-10(11-5-4-6-19-11)7-12(20-14)9(2)16/h4-7,10H,3,8H2,1-2H3. The summed E-state index contributed by atoms with van der Waals surface area (Å²) in [6.07, 6.45) is 2.60. The van der Waals surface area contributed by atoms with Crippen LogP contribution in [0.4, 0.5) is 4.39 Å². The number of Topliss-reactive ketones (excluding diaryl/α,β-unsaturated/α-hetero) is 1. The lowest BCUT2D eigenvalue weighted by atomic mass is 9.93. The molecule has 5 nitrogen and oxygen atoms in total. The minimum atomic E-state index is -2.68. The molecule has 0 saturated heterocycles. The summed E-state index contributed by atoms with van der Waals surface area (Å²) < 4.78 is 29.5. The van der Waals surface area contributed by atoms with Crippen LogP contribution in [0.25, 0.3) is 0 Å². The van der Waals surface area contributed by atoms with Gasteiger partial charge < -0.3 is 13.9 Å². The van der Waals surface area contributed by atoms with Gasteiger partial charge in [0.1, 0.15) is 5.76 Å². The van der Waals surface area contributed by atoms with E-state index in [4.69, 9.17) is 9.15 Å². The van der Waals surface area contributed by atoms with E-state index in [1.807, 2.05) is 0 Å². The van der Waals surface area contributed by atoms with E-state index in [0.29, 0.717) is 5.76 Å². The Morgan fingerprint density at radius 2 is 2.30 bits per heavy atom. The molecule has 0 spiro atoms. The third-order valence-corrected chi connectivity index (χ3v) is 2.94. The van der Waals surface area contributed by atoms with Gasteiger partial charge in [0, 0.05) is 19.3 Å². The van der Waals surface area contributed by atoms with Crippen molar-refractivity contribution in [2.75, 3.05) is 6.61 Å². The normalized spacial score (nSPS) is 25.6. The largest absolute Gasteiger partial charge is 0.469 e. The van der Waals surface area contributed by atoms with Gasteiger partial charge in [-0.1, -0.05) is 0 Å². The summed E-state index contributed by atoms with van der Waals surface area (Å²) in [6, 6.07) is 3.30. The van der Waals surface area contributed by atoms with Gasteiger partial charge in [0.2, 0.25) is 0 Å². The smallest absolute Gasteiger partial charge is 0.384 e. The van der Waals surface area contributed by atoms with E-state index in [9.17, 15) is 14.0 Å². The van der Waals surface area contributed by atoms with Crippen molar-refractivity contribution in [3.63, 3.8) is 0 Å². The SMILES string of the molecule is CCOC(=O)C1(F)CC(c2ccco2)C=C(C(C)=O)O1. The number of carbonyl (C=O) groups excluding carboxylic acids is 2. The Morgan fingerprint density at radius 3 is 2.85 bits per heavy atom. The van der Waals surface area contributed by atoms with Crippen molar-refractivity contribution >= 4 is 11.8 Å². The summed E-state index contributed by atoms with van der Waals surface area (Å²) in [7, 11) is 0. The average molecular weight is 282 g/mol. The molecule has 0 aromatic carbocycles. The molecule has 108 valence electrons. The number of allylic oxidation sites excluding steroid dienone is 2. The monoisotopic (exact) mass is 282 g/mol. The van der Waals surface area contributed by atoms with Gasteiger partial charge in [-0.15, -0.1) is 0 Å². The molecular formula is C14H15FO5. The van der Waals surface area contributed by atoms with Crippen LogP contribution in [0.1, 0.15) is 31.9 Å². The van der Waals surface area contributed by atoms with Crippen LogP contribution in [0.15, 0.2) is 34.6 Å². The molecule has 1 aromatic heterocycles. The Morgan fingerprint density at radius 1 is 1.55 bits per heavy atom. The van der Waals surface area contributed by atoms with Crippen LogP contribution in [-0.2, 0) is 19.1 Å². The van der Waals surface area contributed by atoms with Gasteiger partial charge in [0.15, 0.2) is 11.5 Å². The number of ether oxygens (including phenoxy) is 2. The van der Waals surface area contributed by atoms with Crippen LogP contribution in [0, 0.1) is 0 Å². The zero-order valence-electron chi connectivity index (χ0n) is 11.2. The minimum absolute atomic E-state index is 0.0262. The summed E-state index contributed by atoms with van der Waals surface area (Å²) in [4.78, 5) is 23.2. The van der Waals surface area contributed by atoms with Gasteiger partial charge in [-0.05, 0) is 25.1 Å². The number of rotatable bonds is 4. The van der Waals surface area contributed by atoms with E-state index in [1.165, 1.54) is 19.3 Å². The van der Waals surface area contributed by atoms with Crippen molar-refractivity contribution in [2.24, 2.45) is 0 Å². The topological polar surface area (TPSA) is 65.7 Å². The number of halogens is 1. The highest BCUT2D eigenvalue weighted by Gasteiger charge is 2.49. The molecule has 0 aliphatic carbocycles. The van der Waals surface area contributed by atoms with Crippen molar-refractivity contribution in [1.29, 1.82) is 0 Å². The first-order valence-electron chi connectivity index (χ1n) is 6.27. The molecule has 0 fully saturated rings. The second-order valence-electron chi connectivity index (χ2n) is 4.46. The van der Waals surface area contributed by atoms with Crippen LogP contribution in [0.3, 0.4) is 0 Å². The van der Waals surface area contributed by atoms with Gasteiger partial charge in [-0.3, -0.25) is 4.79 Å². The highest BCUT2D eigenvalue weighted by molar-refractivity contribution is 5.92. The molecule has 0 N–H and O–H groups in total. The molecule has 2 unspecified atom stereocenters. The average Bonchev–Trinajstić information content (AvgIpc) is 2.92. The summed E-state index contributed by atoms with van der Waals surface area (Å²) in [5, 5.41) is 0. The molecule has 1 aliphatic rings. The number of alkyl halides is 1. The Balaban J connectivity index is 2.33. The van der Waals surface area contributed by atoms with Gasteiger partial charge in [-0.25, -0.2) is 4.79 Å². The van der Waals surface area contributed by atoms with E-state index < -0.39 is 23.5 Å². The molecule has 6 heteroatoms. The number of ketones is 1. The first-order valence-corrected chi connectivity index (χ1v) is 6.27. The summed E-state index contributed by atoms with van der Waals surface area (Å²) in [5.74, 6) is -4.59. The van der Waals surface area contributed by atoms with Gasteiger partial charge in [0.25, 0.3) is 0 Å². The first kappa shape index (κ1) is 14.3. The minimum Gasteiger partial charge on any atom is -0.469 e. The third-order valence-electron chi connectivity index (χ3n) is 2.94. The van der Waals surface area contributed by atoms with Crippen molar-refractivity contribution in [3.8, 4) is 0 Å². The van der Waals surface area contributed by atoms with Crippen LogP contribution < -0.4 is 0 Å². The maximum Gasteiger partial charge on any atom is 0.384 e. The van der Waals surface area contributed by atoms with Crippen LogP contribution in [0.2, 0.25) is 0 Å². The van der Waals surface area contributed by atoms with Gasteiger partial charge >= 0.3 is 11.8 Å². The maximum absolute atomic E-state index is 14.7. The second kappa shape index (κ2) is 5.48. The Labute approximate surface area is 115 Å². The van der Waals surface area contributed by atoms with Crippen LogP contribution >= 0.6 is 0 Å². The highest BCUT2D eigenvalue weighted by atomic mass is 19.2. The highest BCUT2D eigenvalue weighted by Crippen LogP contribution is 2.39. The predicted octanol–water partition coefficient (Wildman–Crippen LogP) is 2.49. The molecule has 1 aliphatic heterocycles. The molecule has 2 rings (SSSR count). The zero-order chi connectivity index (χ0) is 14.8. The molecule has 1 aromatic rings. The Hall–Kier alpha value is -2.11. The molecule has 2 atom stereocenters. The van der Waals surface area contributed by atoms with E-state index in [-0.39, 0.29) is 18.8 Å². The number of hydrogen-bond acceptors (Lipinski definition) is 5. The molecule has 0 bridgehead atoms. The molecule has 0 amide bonds. The van der Waals surface area contributed by atoms with Crippen molar-refractivity contribution < 1.29 is 27.9 Å². The van der Waals surface area contributed by atoms with E-state index in [1.54, 1.807) is 19.1 Å². The van der Waals surface area contributed by atoms with E-state index in [0.717, 1.165) is 0 Å². The van der Waals surface area contributed by atoms with E-state index >= 15 is 0 Å². The fraction of sp³-hybridized carbons (Fsp3) is 0.429. The quantitative estimate of drug-likeness (QED) is 0.794. The molecule has 20 heavy (non-hydrogen) atoms. The predicted molar refractivity (Wildman–Crippen MR) is 66.4 cm³/mol. The molecule has 2 heterocycles. The Kier molecular flexibility index (Phi) is 3.92. The summed E-state index contributed by atoms with van der Waals surface area (Å²) >= 11 is 0. The lowest BCUT2D eigenvalue weighted by Gasteiger charge is -2.31. The lowest BCUT2D eigenvalue weighted by Crippen LogP contribution is -2.42. The maximum atomic E-state index is 14.7. The van der Waals surface area contributed by atoms with Gasteiger partial charge in [0.05, 0.1) is 12.9 Å². The number of hydrogen-bond donors (Lipinski definition) is 0. The molecule has 0 saturated carbocycles. The Bertz CT molecular complexity index is 534.